The quantitative estimate of drug-likeness (QED) is 0.633. The van der Waals surface area contributed by atoms with Gasteiger partial charge in [0.05, 0.1) is 0 Å². The van der Waals surface area contributed by atoms with E-state index in [1.165, 1.54) is 22.8 Å². The molecule has 4 heteroatoms. The maximum atomic E-state index is 11.7. The van der Waals surface area contributed by atoms with E-state index in [2.05, 4.69) is 0 Å². The number of aromatic nitrogens is 1. The molecule has 1 heterocycles. The second-order valence-electron chi connectivity index (χ2n) is 3.27. The maximum Gasteiger partial charge on any atom is 0.265 e. The van der Waals surface area contributed by atoms with Crippen LogP contribution in [0.3, 0.4) is 0 Å². The Bertz CT molecular complexity index is 484. The van der Waals surface area contributed by atoms with Crippen molar-refractivity contribution >= 4 is 5.78 Å². The van der Waals surface area contributed by atoms with Gasteiger partial charge < -0.3 is 9.67 Å². The molecule has 1 aromatic heterocycles. The van der Waals surface area contributed by atoms with Gasteiger partial charge in [0.2, 0.25) is 0 Å². The summed E-state index contributed by atoms with van der Waals surface area (Å²) >= 11 is 0. The molecule has 0 aliphatic rings. The summed E-state index contributed by atoms with van der Waals surface area (Å²) < 4.78 is 1.33. The van der Waals surface area contributed by atoms with Crippen LogP contribution in [0.25, 0.3) is 0 Å². The van der Waals surface area contributed by atoms with Crippen LogP contribution in [0.15, 0.2) is 23.0 Å². The van der Waals surface area contributed by atoms with Gasteiger partial charge in [-0.15, -0.1) is 0 Å². The molecule has 0 amide bonds. The highest BCUT2D eigenvalue weighted by Crippen LogP contribution is 2.14. The minimum Gasteiger partial charge on any atom is -0.507 e. The third-order valence-electron chi connectivity index (χ3n) is 2.21. The highest BCUT2D eigenvalue weighted by Gasteiger charge is 2.15. The van der Waals surface area contributed by atoms with Gasteiger partial charge in [0, 0.05) is 18.8 Å². The molecule has 4 nitrogen and oxygen atoms in total. The molecule has 0 radical (unpaired) electrons. The number of hydrogen-bond donors (Lipinski definition) is 1. The molecule has 0 atom stereocenters. The van der Waals surface area contributed by atoms with E-state index in [-0.39, 0.29) is 11.3 Å². The van der Waals surface area contributed by atoms with Crippen molar-refractivity contribution in [2.75, 3.05) is 0 Å². The van der Waals surface area contributed by atoms with Crippen LogP contribution in [-0.4, -0.2) is 15.5 Å². The second kappa shape index (κ2) is 6.68. The van der Waals surface area contributed by atoms with Gasteiger partial charge >= 0.3 is 0 Å². The Labute approximate surface area is 101 Å². The first-order valence-electron chi connectivity index (χ1n) is 5.55. The van der Waals surface area contributed by atoms with E-state index in [0.29, 0.717) is 5.69 Å². The predicted molar refractivity (Wildman–Crippen MR) is 68.6 cm³/mol. The minimum atomic E-state index is -0.476. The Hall–Kier alpha value is -1.84. The Morgan fingerprint density at radius 2 is 1.94 bits per heavy atom. The van der Waals surface area contributed by atoms with Crippen LogP contribution in [0, 0.1) is 6.92 Å². The van der Waals surface area contributed by atoms with Crippen molar-refractivity contribution in [1.29, 1.82) is 0 Å². The fraction of sp³-hybridized carbons (Fsp3) is 0.385. The molecular weight excluding hydrogens is 218 g/mol. The molecule has 1 aromatic rings. The SMILES string of the molecule is C/C=C/C(=O)c1c(O)cc(C)n(C)c1=O.CC. The Morgan fingerprint density at radius 3 is 2.41 bits per heavy atom. The van der Waals surface area contributed by atoms with Gasteiger partial charge in [-0.1, -0.05) is 19.9 Å². The molecule has 17 heavy (non-hydrogen) atoms. The van der Waals surface area contributed by atoms with Crippen molar-refractivity contribution in [3.8, 4) is 5.75 Å². The molecule has 0 saturated carbocycles. The zero-order chi connectivity index (χ0) is 13.6. The number of nitrogens with zero attached hydrogens (tertiary/aromatic N) is 1. The Kier molecular flexibility index (Phi) is 5.96. The molecule has 1 rings (SSSR count). The van der Waals surface area contributed by atoms with Crippen LogP contribution in [0.2, 0.25) is 0 Å². The number of allylic oxidation sites excluding steroid dienone is 2. The van der Waals surface area contributed by atoms with E-state index in [1.54, 1.807) is 20.9 Å². The van der Waals surface area contributed by atoms with Gasteiger partial charge in [0.15, 0.2) is 5.78 Å². The molecule has 0 unspecified atom stereocenters. The van der Waals surface area contributed by atoms with Crippen molar-refractivity contribution in [1.82, 2.24) is 4.57 Å². The minimum absolute atomic E-state index is 0.179. The van der Waals surface area contributed by atoms with Crippen LogP contribution < -0.4 is 5.56 Å². The number of aromatic hydroxyl groups is 1. The van der Waals surface area contributed by atoms with Gasteiger partial charge in [0.25, 0.3) is 5.56 Å². The number of hydrogen-bond acceptors (Lipinski definition) is 3. The van der Waals surface area contributed by atoms with Crippen molar-refractivity contribution in [3.05, 3.63) is 39.8 Å². The van der Waals surface area contributed by atoms with E-state index < -0.39 is 11.3 Å². The van der Waals surface area contributed by atoms with Gasteiger partial charge in [-0.3, -0.25) is 9.59 Å². The Morgan fingerprint density at radius 1 is 1.41 bits per heavy atom. The van der Waals surface area contributed by atoms with Gasteiger partial charge in [-0.2, -0.15) is 0 Å². The van der Waals surface area contributed by atoms with E-state index in [0.717, 1.165) is 0 Å². The molecular formula is C13H19NO3. The smallest absolute Gasteiger partial charge is 0.265 e. The van der Waals surface area contributed by atoms with Gasteiger partial charge in [-0.05, 0) is 19.9 Å². The maximum absolute atomic E-state index is 11.7. The third kappa shape index (κ3) is 3.31. The number of carbonyl (C=O) groups is 1. The van der Waals surface area contributed by atoms with Crippen LogP contribution in [0.5, 0.6) is 5.75 Å². The molecule has 0 fully saturated rings. The molecule has 0 spiro atoms. The van der Waals surface area contributed by atoms with E-state index in [1.807, 2.05) is 13.8 Å². The van der Waals surface area contributed by atoms with Crippen molar-refractivity contribution in [2.24, 2.45) is 7.05 Å². The Balaban J connectivity index is 0.00000121. The van der Waals surface area contributed by atoms with Crippen LogP contribution in [0.4, 0.5) is 0 Å². The molecule has 0 saturated heterocycles. The summed E-state index contributed by atoms with van der Waals surface area (Å²) in [6.07, 6.45) is 2.78. The third-order valence-corrected chi connectivity index (χ3v) is 2.21. The van der Waals surface area contributed by atoms with E-state index in [9.17, 15) is 14.7 Å². The van der Waals surface area contributed by atoms with Crippen molar-refractivity contribution in [2.45, 2.75) is 27.7 Å². The molecule has 0 aliphatic heterocycles. The standard InChI is InChI=1S/C11H13NO3.C2H6/c1-4-5-8(13)10-9(14)6-7(2)12(3)11(10)15;1-2/h4-6,14H,1-3H3;1-2H3/b5-4+;. The second-order valence-corrected chi connectivity index (χ2v) is 3.27. The fourth-order valence-corrected chi connectivity index (χ4v) is 1.27. The summed E-state index contributed by atoms with van der Waals surface area (Å²) in [6, 6.07) is 1.40. The van der Waals surface area contributed by atoms with Crippen molar-refractivity contribution < 1.29 is 9.90 Å². The lowest BCUT2D eigenvalue weighted by Gasteiger charge is -2.06. The number of ketones is 1. The first-order valence-corrected chi connectivity index (χ1v) is 5.55. The fourth-order valence-electron chi connectivity index (χ4n) is 1.27. The predicted octanol–water partition coefficient (Wildman–Crippen LogP) is 2.18. The van der Waals surface area contributed by atoms with Crippen LogP contribution >= 0.6 is 0 Å². The van der Waals surface area contributed by atoms with E-state index >= 15 is 0 Å². The highest BCUT2D eigenvalue weighted by atomic mass is 16.3. The molecule has 0 aliphatic carbocycles. The average molecular weight is 237 g/mol. The lowest BCUT2D eigenvalue weighted by molar-refractivity contribution is 0.104. The summed E-state index contributed by atoms with van der Waals surface area (Å²) in [5.41, 5.74) is -0.0497. The largest absolute Gasteiger partial charge is 0.507 e. The first kappa shape index (κ1) is 15.2. The summed E-state index contributed by atoms with van der Waals surface area (Å²) in [5.74, 6) is -0.741. The summed E-state index contributed by atoms with van der Waals surface area (Å²) in [7, 11) is 1.56. The average Bonchev–Trinajstić information content (AvgIpc) is 2.29. The van der Waals surface area contributed by atoms with E-state index in [4.69, 9.17) is 0 Å². The van der Waals surface area contributed by atoms with Gasteiger partial charge in [-0.25, -0.2) is 0 Å². The summed E-state index contributed by atoms with van der Waals surface area (Å²) in [5, 5.41) is 9.53. The number of pyridine rings is 1. The number of aryl methyl sites for hydroxylation is 1. The summed E-state index contributed by atoms with van der Waals surface area (Å²) in [4.78, 5) is 23.2. The normalized spacial score (nSPS) is 9.94. The topological polar surface area (TPSA) is 59.3 Å². The van der Waals surface area contributed by atoms with Crippen LogP contribution in [0.1, 0.15) is 36.8 Å². The monoisotopic (exact) mass is 237 g/mol. The van der Waals surface area contributed by atoms with Crippen molar-refractivity contribution in [3.63, 3.8) is 0 Å². The lowest BCUT2D eigenvalue weighted by Crippen LogP contribution is -2.25. The lowest BCUT2D eigenvalue weighted by atomic mass is 10.1. The first-order chi connectivity index (χ1) is 7.99. The molecule has 1 N–H and O–H groups in total. The number of carbonyl (C=O) groups excluding carboxylic acids is 1. The highest BCUT2D eigenvalue weighted by molar-refractivity contribution is 6.06. The zero-order valence-corrected chi connectivity index (χ0v) is 10.9. The number of rotatable bonds is 2. The molecule has 0 aromatic carbocycles. The van der Waals surface area contributed by atoms with Gasteiger partial charge in [0.1, 0.15) is 11.3 Å². The molecule has 94 valence electrons. The van der Waals surface area contributed by atoms with Crippen LogP contribution in [-0.2, 0) is 7.05 Å². The molecule has 0 bridgehead atoms. The zero-order valence-electron chi connectivity index (χ0n) is 10.9. The summed E-state index contributed by atoms with van der Waals surface area (Å²) in [6.45, 7) is 7.36.